The third-order valence-electron chi connectivity index (χ3n) is 3.29. The number of amides is 1. The maximum Gasteiger partial charge on any atom is 0.243 e. The molecule has 1 heterocycles. The standard InChI is InChI=1S/C14H17BrN4OS.ClH/c1-3-8(2)11(16)12(20)17-14-19-18-13(21-14)9-5-4-6-10(15)7-9;/h4-8,11H,3,16H2,1-2H3,(H,17,19,20);1H. The Hall–Kier alpha value is -1.02. The molecule has 3 N–H and O–H groups in total. The molecule has 0 radical (unpaired) electrons. The van der Waals surface area contributed by atoms with Crippen LogP contribution >= 0.6 is 39.7 Å². The minimum Gasteiger partial charge on any atom is -0.320 e. The van der Waals surface area contributed by atoms with Gasteiger partial charge >= 0.3 is 0 Å². The van der Waals surface area contributed by atoms with Gasteiger partial charge in [-0.1, -0.05) is 59.7 Å². The predicted molar refractivity (Wildman–Crippen MR) is 96.4 cm³/mol. The topological polar surface area (TPSA) is 80.9 Å². The summed E-state index contributed by atoms with van der Waals surface area (Å²) in [5.74, 6) is -0.0937. The normalized spacial score (nSPS) is 13.1. The van der Waals surface area contributed by atoms with Gasteiger partial charge in [0.15, 0.2) is 0 Å². The fourth-order valence-electron chi connectivity index (χ4n) is 1.71. The summed E-state index contributed by atoms with van der Waals surface area (Å²) >= 11 is 4.75. The number of hydrogen-bond acceptors (Lipinski definition) is 5. The van der Waals surface area contributed by atoms with Crippen molar-refractivity contribution in [3.05, 3.63) is 28.7 Å². The summed E-state index contributed by atoms with van der Waals surface area (Å²) in [7, 11) is 0. The first-order valence-electron chi connectivity index (χ1n) is 6.67. The van der Waals surface area contributed by atoms with Crippen molar-refractivity contribution in [2.24, 2.45) is 11.7 Å². The number of nitrogens with one attached hydrogen (secondary N) is 1. The van der Waals surface area contributed by atoms with Gasteiger partial charge in [0.2, 0.25) is 11.0 Å². The molecule has 5 nitrogen and oxygen atoms in total. The summed E-state index contributed by atoms with van der Waals surface area (Å²) in [6.45, 7) is 3.96. The minimum atomic E-state index is -0.534. The van der Waals surface area contributed by atoms with Gasteiger partial charge in [-0.25, -0.2) is 0 Å². The maximum absolute atomic E-state index is 12.0. The Morgan fingerprint density at radius 3 is 2.82 bits per heavy atom. The molecule has 22 heavy (non-hydrogen) atoms. The number of anilines is 1. The van der Waals surface area contributed by atoms with Crippen molar-refractivity contribution in [3.63, 3.8) is 0 Å². The molecular weight excluding hydrogens is 388 g/mol. The van der Waals surface area contributed by atoms with Gasteiger partial charge in [0.1, 0.15) is 5.01 Å². The van der Waals surface area contributed by atoms with Crippen LogP contribution in [-0.2, 0) is 4.79 Å². The van der Waals surface area contributed by atoms with Crippen molar-refractivity contribution in [1.82, 2.24) is 10.2 Å². The van der Waals surface area contributed by atoms with E-state index in [2.05, 4.69) is 31.4 Å². The van der Waals surface area contributed by atoms with Crippen LogP contribution in [-0.4, -0.2) is 22.1 Å². The molecule has 1 aromatic carbocycles. The Labute approximate surface area is 148 Å². The van der Waals surface area contributed by atoms with E-state index in [-0.39, 0.29) is 24.2 Å². The van der Waals surface area contributed by atoms with E-state index < -0.39 is 6.04 Å². The van der Waals surface area contributed by atoms with E-state index in [1.165, 1.54) is 11.3 Å². The van der Waals surface area contributed by atoms with Gasteiger partial charge in [-0.2, -0.15) is 0 Å². The smallest absolute Gasteiger partial charge is 0.243 e. The van der Waals surface area contributed by atoms with Crippen molar-refractivity contribution in [2.45, 2.75) is 26.3 Å². The minimum absolute atomic E-state index is 0. The summed E-state index contributed by atoms with van der Waals surface area (Å²) in [6, 6.07) is 7.24. The van der Waals surface area contributed by atoms with Crippen molar-refractivity contribution in [3.8, 4) is 10.6 Å². The molecule has 1 amide bonds. The number of halogens is 2. The molecule has 0 spiro atoms. The lowest BCUT2D eigenvalue weighted by molar-refractivity contribution is -0.118. The molecule has 1 aromatic heterocycles. The number of nitrogens with two attached hydrogens (primary N) is 1. The number of carbonyl (C=O) groups is 1. The highest BCUT2D eigenvalue weighted by Crippen LogP contribution is 2.28. The Bertz CT molecular complexity index is 637. The van der Waals surface area contributed by atoms with Crippen LogP contribution in [0.25, 0.3) is 10.6 Å². The van der Waals surface area contributed by atoms with Gasteiger partial charge in [0, 0.05) is 10.0 Å². The number of benzene rings is 1. The lowest BCUT2D eigenvalue weighted by Gasteiger charge is -2.16. The molecule has 0 saturated carbocycles. The second-order valence-electron chi connectivity index (χ2n) is 4.82. The van der Waals surface area contributed by atoms with Crippen LogP contribution in [0.15, 0.2) is 28.7 Å². The number of rotatable bonds is 5. The van der Waals surface area contributed by atoms with E-state index in [4.69, 9.17) is 5.73 Å². The summed E-state index contributed by atoms with van der Waals surface area (Å²) < 4.78 is 0.972. The first-order chi connectivity index (χ1) is 10.0. The van der Waals surface area contributed by atoms with Crippen LogP contribution in [0, 0.1) is 5.92 Å². The van der Waals surface area contributed by atoms with E-state index in [1.807, 2.05) is 38.1 Å². The third kappa shape index (κ3) is 4.74. The van der Waals surface area contributed by atoms with Crippen molar-refractivity contribution in [2.75, 3.05) is 5.32 Å². The van der Waals surface area contributed by atoms with Crippen molar-refractivity contribution >= 4 is 50.7 Å². The van der Waals surface area contributed by atoms with Crippen LogP contribution in [0.2, 0.25) is 0 Å². The van der Waals surface area contributed by atoms with E-state index >= 15 is 0 Å². The van der Waals surface area contributed by atoms with Crippen LogP contribution in [0.1, 0.15) is 20.3 Å². The zero-order valence-corrected chi connectivity index (χ0v) is 15.5. The average molecular weight is 406 g/mol. The van der Waals surface area contributed by atoms with Gasteiger partial charge in [0.25, 0.3) is 0 Å². The number of carbonyl (C=O) groups excluding carboxylic acids is 1. The first-order valence-corrected chi connectivity index (χ1v) is 8.28. The zero-order valence-electron chi connectivity index (χ0n) is 12.2. The van der Waals surface area contributed by atoms with Crippen LogP contribution in [0.4, 0.5) is 5.13 Å². The van der Waals surface area contributed by atoms with Crippen LogP contribution in [0.3, 0.4) is 0 Å². The average Bonchev–Trinajstić information content (AvgIpc) is 2.94. The molecule has 0 aliphatic carbocycles. The van der Waals surface area contributed by atoms with Crippen LogP contribution < -0.4 is 11.1 Å². The molecule has 0 bridgehead atoms. The Morgan fingerprint density at radius 1 is 1.45 bits per heavy atom. The lowest BCUT2D eigenvalue weighted by atomic mass is 10.00. The molecular formula is C14H18BrClN4OS. The number of aromatic nitrogens is 2. The van der Waals surface area contributed by atoms with E-state index in [0.717, 1.165) is 21.5 Å². The quantitative estimate of drug-likeness (QED) is 0.794. The fraction of sp³-hybridized carbons (Fsp3) is 0.357. The van der Waals surface area contributed by atoms with E-state index in [1.54, 1.807) is 0 Å². The maximum atomic E-state index is 12.0. The molecule has 0 fully saturated rings. The van der Waals surface area contributed by atoms with E-state index in [0.29, 0.717) is 5.13 Å². The van der Waals surface area contributed by atoms with Crippen molar-refractivity contribution in [1.29, 1.82) is 0 Å². The second-order valence-corrected chi connectivity index (χ2v) is 6.72. The largest absolute Gasteiger partial charge is 0.320 e. The SMILES string of the molecule is CCC(C)C(N)C(=O)Nc1nnc(-c2cccc(Br)c2)s1.Cl. The molecule has 8 heteroatoms. The molecule has 0 saturated heterocycles. The highest BCUT2D eigenvalue weighted by molar-refractivity contribution is 9.10. The zero-order chi connectivity index (χ0) is 15.4. The lowest BCUT2D eigenvalue weighted by Crippen LogP contribution is -2.40. The van der Waals surface area contributed by atoms with Crippen molar-refractivity contribution < 1.29 is 4.79 Å². The molecule has 2 aromatic rings. The summed E-state index contributed by atoms with van der Waals surface area (Å²) in [5, 5.41) is 12.0. The summed E-state index contributed by atoms with van der Waals surface area (Å²) in [6.07, 6.45) is 0.855. The summed E-state index contributed by atoms with van der Waals surface area (Å²) in [5.41, 5.74) is 6.85. The second kappa shape index (κ2) is 8.57. The molecule has 2 atom stereocenters. The Kier molecular flexibility index (Phi) is 7.41. The number of hydrogen-bond donors (Lipinski definition) is 2. The molecule has 0 aliphatic heterocycles. The van der Waals surface area contributed by atoms with Crippen LogP contribution in [0.5, 0.6) is 0 Å². The molecule has 120 valence electrons. The highest BCUT2D eigenvalue weighted by Gasteiger charge is 2.20. The molecule has 2 rings (SSSR count). The molecule has 2 unspecified atom stereocenters. The summed E-state index contributed by atoms with van der Waals surface area (Å²) in [4.78, 5) is 12.0. The monoisotopic (exact) mass is 404 g/mol. The third-order valence-corrected chi connectivity index (χ3v) is 4.67. The van der Waals surface area contributed by atoms with E-state index in [9.17, 15) is 4.79 Å². The molecule has 0 aliphatic rings. The van der Waals surface area contributed by atoms with Gasteiger partial charge in [-0.05, 0) is 18.1 Å². The predicted octanol–water partition coefficient (Wildman–Crippen LogP) is 3.70. The Balaban J connectivity index is 0.00000242. The highest BCUT2D eigenvalue weighted by atomic mass is 79.9. The van der Waals surface area contributed by atoms with Gasteiger partial charge in [-0.3, -0.25) is 10.1 Å². The van der Waals surface area contributed by atoms with Gasteiger partial charge in [-0.15, -0.1) is 22.6 Å². The first kappa shape index (κ1) is 19.0. The van der Waals surface area contributed by atoms with Gasteiger partial charge in [0.05, 0.1) is 6.04 Å². The van der Waals surface area contributed by atoms with Gasteiger partial charge < -0.3 is 5.73 Å². The Morgan fingerprint density at radius 2 is 2.18 bits per heavy atom. The number of nitrogens with zero attached hydrogens (tertiary/aromatic N) is 2. The fourth-order valence-corrected chi connectivity index (χ4v) is 2.86.